The topological polar surface area (TPSA) is 51.8 Å². The van der Waals surface area contributed by atoms with Crippen molar-refractivity contribution in [3.05, 3.63) is 39.8 Å². The number of anilines is 1. The highest BCUT2D eigenvalue weighted by Gasteiger charge is 2.07. The van der Waals surface area contributed by atoms with Crippen LogP contribution < -0.4 is 5.73 Å². The van der Waals surface area contributed by atoms with Crippen LogP contribution in [0.1, 0.15) is 35.3 Å². The first-order chi connectivity index (χ1) is 8.15. The van der Waals surface area contributed by atoms with Crippen molar-refractivity contribution in [1.29, 1.82) is 0 Å². The Hall–Kier alpha value is -1.42. The van der Waals surface area contributed by atoms with E-state index in [1.165, 1.54) is 5.56 Å². The third kappa shape index (κ3) is 3.27. The Labute approximate surface area is 106 Å². The number of rotatable bonds is 4. The molecular formula is C13H17N3S. The van der Waals surface area contributed by atoms with Gasteiger partial charge in [-0.25, -0.2) is 0 Å². The summed E-state index contributed by atoms with van der Waals surface area (Å²) in [5.74, 6) is 0.466. The minimum atomic E-state index is 0.466. The van der Waals surface area contributed by atoms with E-state index in [-0.39, 0.29) is 0 Å². The van der Waals surface area contributed by atoms with Crippen molar-refractivity contribution in [3.8, 4) is 0 Å². The Bertz CT molecular complexity index is 491. The molecule has 0 saturated carbocycles. The van der Waals surface area contributed by atoms with Crippen LogP contribution in [-0.4, -0.2) is 10.2 Å². The minimum absolute atomic E-state index is 0.466. The molecule has 0 unspecified atom stereocenters. The van der Waals surface area contributed by atoms with Crippen LogP contribution in [0.5, 0.6) is 0 Å². The lowest BCUT2D eigenvalue weighted by molar-refractivity contribution is 0.813. The molecule has 0 aliphatic heterocycles. The fraction of sp³-hybridized carbons (Fsp3) is 0.385. The second-order valence-corrected chi connectivity index (χ2v) is 5.53. The smallest absolute Gasteiger partial charge is 0.119 e. The number of nitrogen functional groups attached to an aromatic ring is 1. The lowest BCUT2D eigenvalue weighted by Crippen LogP contribution is -1.92. The van der Waals surface area contributed by atoms with Gasteiger partial charge in [-0.15, -0.1) is 21.5 Å². The summed E-state index contributed by atoms with van der Waals surface area (Å²) in [4.78, 5) is 0. The molecule has 4 heteroatoms. The van der Waals surface area contributed by atoms with Crippen LogP contribution in [0.3, 0.4) is 0 Å². The highest BCUT2D eigenvalue weighted by molar-refractivity contribution is 7.11. The summed E-state index contributed by atoms with van der Waals surface area (Å²) in [5.41, 5.74) is 7.82. The molecule has 17 heavy (non-hydrogen) atoms. The van der Waals surface area contributed by atoms with E-state index in [2.05, 4.69) is 30.1 Å². The van der Waals surface area contributed by atoms with Gasteiger partial charge in [0.25, 0.3) is 0 Å². The average molecular weight is 247 g/mol. The van der Waals surface area contributed by atoms with Gasteiger partial charge in [0.1, 0.15) is 10.0 Å². The van der Waals surface area contributed by atoms with E-state index in [4.69, 9.17) is 5.73 Å². The van der Waals surface area contributed by atoms with Gasteiger partial charge in [-0.05, 0) is 24.1 Å². The first-order valence-corrected chi connectivity index (χ1v) is 6.63. The number of nitrogens with two attached hydrogens (primary N) is 1. The molecule has 0 aliphatic rings. The molecule has 1 aromatic carbocycles. The van der Waals surface area contributed by atoms with Gasteiger partial charge in [0.05, 0.1) is 0 Å². The number of aromatic nitrogens is 2. The Morgan fingerprint density at radius 1 is 1.24 bits per heavy atom. The highest BCUT2D eigenvalue weighted by atomic mass is 32.1. The molecule has 1 heterocycles. The van der Waals surface area contributed by atoms with E-state index in [0.717, 1.165) is 28.5 Å². The highest BCUT2D eigenvalue weighted by Crippen LogP contribution is 2.20. The second kappa shape index (κ2) is 5.27. The number of aryl methyl sites for hydroxylation is 2. The first kappa shape index (κ1) is 12.0. The van der Waals surface area contributed by atoms with Crippen molar-refractivity contribution in [1.82, 2.24) is 10.2 Å². The number of hydrogen-bond acceptors (Lipinski definition) is 4. The zero-order chi connectivity index (χ0) is 12.3. The predicted molar refractivity (Wildman–Crippen MR) is 72.3 cm³/mol. The van der Waals surface area contributed by atoms with Crippen LogP contribution in [0.2, 0.25) is 0 Å². The maximum Gasteiger partial charge on any atom is 0.119 e. The monoisotopic (exact) mass is 247 g/mol. The SMILES string of the molecule is CC(C)c1nnc(CCc2cccc(N)c2)s1. The Morgan fingerprint density at radius 3 is 2.71 bits per heavy atom. The van der Waals surface area contributed by atoms with Crippen molar-refractivity contribution in [3.63, 3.8) is 0 Å². The van der Waals surface area contributed by atoms with Crippen LogP contribution in [0.15, 0.2) is 24.3 Å². The van der Waals surface area contributed by atoms with Crippen molar-refractivity contribution in [2.75, 3.05) is 5.73 Å². The quantitative estimate of drug-likeness (QED) is 0.845. The van der Waals surface area contributed by atoms with Crippen LogP contribution >= 0.6 is 11.3 Å². The third-order valence-electron chi connectivity index (χ3n) is 2.55. The van der Waals surface area contributed by atoms with Gasteiger partial charge in [0.15, 0.2) is 0 Å². The van der Waals surface area contributed by atoms with Gasteiger partial charge in [-0.3, -0.25) is 0 Å². The van der Waals surface area contributed by atoms with E-state index in [0.29, 0.717) is 5.92 Å². The number of nitrogens with zero attached hydrogens (tertiary/aromatic N) is 2. The van der Waals surface area contributed by atoms with Crippen LogP contribution in [-0.2, 0) is 12.8 Å². The second-order valence-electron chi connectivity index (χ2n) is 4.43. The van der Waals surface area contributed by atoms with Crippen LogP contribution in [0.4, 0.5) is 5.69 Å². The van der Waals surface area contributed by atoms with Gasteiger partial charge in [-0.1, -0.05) is 26.0 Å². The lowest BCUT2D eigenvalue weighted by atomic mass is 10.1. The fourth-order valence-corrected chi connectivity index (χ4v) is 2.45. The zero-order valence-electron chi connectivity index (χ0n) is 10.2. The summed E-state index contributed by atoms with van der Waals surface area (Å²) in [6.45, 7) is 4.28. The van der Waals surface area contributed by atoms with Crippen molar-refractivity contribution in [2.24, 2.45) is 0 Å². The maximum absolute atomic E-state index is 5.75. The standard InChI is InChI=1S/C13H17N3S/c1-9(2)13-16-15-12(17-13)7-6-10-4-3-5-11(14)8-10/h3-5,8-9H,6-7,14H2,1-2H3. The molecule has 0 saturated heterocycles. The van der Waals surface area contributed by atoms with E-state index >= 15 is 0 Å². The van der Waals surface area contributed by atoms with Crippen molar-refractivity contribution in [2.45, 2.75) is 32.6 Å². The molecule has 0 spiro atoms. The molecule has 2 N–H and O–H groups in total. The van der Waals surface area contributed by atoms with Crippen molar-refractivity contribution < 1.29 is 0 Å². The van der Waals surface area contributed by atoms with E-state index < -0.39 is 0 Å². The lowest BCUT2D eigenvalue weighted by Gasteiger charge is -2.00. The molecule has 1 aromatic heterocycles. The minimum Gasteiger partial charge on any atom is -0.399 e. The molecule has 0 aliphatic carbocycles. The summed E-state index contributed by atoms with van der Waals surface area (Å²) < 4.78 is 0. The Morgan fingerprint density at radius 2 is 2.06 bits per heavy atom. The first-order valence-electron chi connectivity index (χ1n) is 5.82. The van der Waals surface area contributed by atoms with E-state index in [1.807, 2.05) is 18.2 Å². The third-order valence-corrected chi connectivity index (χ3v) is 3.84. The molecule has 3 nitrogen and oxygen atoms in total. The molecule has 2 rings (SSSR count). The number of benzene rings is 1. The largest absolute Gasteiger partial charge is 0.399 e. The Kier molecular flexibility index (Phi) is 3.74. The molecule has 0 fully saturated rings. The maximum atomic E-state index is 5.75. The van der Waals surface area contributed by atoms with Crippen molar-refractivity contribution >= 4 is 17.0 Å². The van der Waals surface area contributed by atoms with Crippen LogP contribution in [0.25, 0.3) is 0 Å². The summed E-state index contributed by atoms with van der Waals surface area (Å²) in [7, 11) is 0. The summed E-state index contributed by atoms with van der Waals surface area (Å²) >= 11 is 1.71. The fourth-order valence-electron chi connectivity index (χ4n) is 1.60. The van der Waals surface area contributed by atoms with Gasteiger partial charge >= 0.3 is 0 Å². The molecule has 2 aromatic rings. The molecular weight excluding hydrogens is 230 g/mol. The summed E-state index contributed by atoms with van der Waals surface area (Å²) in [6.07, 6.45) is 1.91. The van der Waals surface area contributed by atoms with Gasteiger partial charge in [-0.2, -0.15) is 0 Å². The summed E-state index contributed by atoms with van der Waals surface area (Å²) in [5, 5.41) is 10.6. The van der Waals surface area contributed by atoms with Gasteiger partial charge < -0.3 is 5.73 Å². The molecule has 0 atom stereocenters. The normalized spacial score (nSPS) is 11.0. The summed E-state index contributed by atoms with van der Waals surface area (Å²) in [6, 6.07) is 8.01. The van der Waals surface area contributed by atoms with E-state index in [9.17, 15) is 0 Å². The molecule has 0 bridgehead atoms. The van der Waals surface area contributed by atoms with E-state index in [1.54, 1.807) is 11.3 Å². The van der Waals surface area contributed by atoms with Gasteiger partial charge in [0.2, 0.25) is 0 Å². The molecule has 0 radical (unpaired) electrons. The average Bonchev–Trinajstić information content (AvgIpc) is 2.75. The Balaban J connectivity index is 1.97. The number of hydrogen-bond donors (Lipinski definition) is 1. The predicted octanol–water partition coefficient (Wildman–Crippen LogP) is 3.03. The zero-order valence-corrected chi connectivity index (χ0v) is 11.0. The molecule has 90 valence electrons. The van der Waals surface area contributed by atoms with Crippen LogP contribution in [0, 0.1) is 0 Å². The van der Waals surface area contributed by atoms with Gasteiger partial charge in [0, 0.05) is 18.0 Å². The molecule has 0 amide bonds.